The van der Waals surface area contributed by atoms with Gasteiger partial charge >= 0.3 is 0 Å². The first-order valence-corrected chi connectivity index (χ1v) is 23.2. The van der Waals surface area contributed by atoms with Gasteiger partial charge in [0.25, 0.3) is 0 Å². The van der Waals surface area contributed by atoms with Crippen molar-refractivity contribution in [3.8, 4) is 22.6 Å². The summed E-state index contributed by atoms with van der Waals surface area (Å²) in [6.45, 7) is 11.1. The number of aliphatic hydroxyl groups is 2. The van der Waals surface area contributed by atoms with Gasteiger partial charge in [-0.25, -0.2) is 19.9 Å². The molecular weight excluding hydrogens is 841 g/mol. The lowest BCUT2D eigenvalue weighted by Gasteiger charge is -2.33. The van der Waals surface area contributed by atoms with Crippen LogP contribution in [-0.4, -0.2) is 134 Å². The topological polar surface area (TPSA) is 208 Å². The number of benzene rings is 2. The second-order valence-electron chi connectivity index (χ2n) is 16.9. The van der Waals surface area contributed by atoms with Crippen molar-refractivity contribution in [1.82, 2.24) is 39.7 Å². The lowest BCUT2D eigenvalue weighted by molar-refractivity contribution is 0.115. The van der Waals surface area contributed by atoms with Crippen LogP contribution in [0, 0.1) is 0 Å². The maximum absolute atomic E-state index is 9.45. The summed E-state index contributed by atoms with van der Waals surface area (Å²) in [5.41, 5.74) is 8.12. The molecular formula is C48H60N12O6. The Morgan fingerprint density at radius 1 is 0.682 bits per heavy atom. The van der Waals surface area contributed by atoms with E-state index in [-0.39, 0.29) is 25.4 Å². The number of nitrogens with one attached hydrogen (secondary N) is 3. The van der Waals surface area contributed by atoms with E-state index in [1.54, 1.807) is 12.4 Å². The van der Waals surface area contributed by atoms with E-state index in [4.69, 9.17) is 38.2 Å². The van der Waals surface area contributed by atoms with Gasteiger partial charge in [-0.1, -0.05) is 0 Å². The quantitative estimate of drug-likeness (QED) is 0.0706. The molecule has 0 radical (unpaired) electrons. The molecule has 0 bridgehead atoms. The zero-order valence-corrected chi connectivity index (χ0v) is 37.6. The van der Waals surface area contributed by atoms with Crippen LogP contribution < -0.4 is 20.9 Å². The highest BCUT2D eigenvalue weighted by molar-refractivity contribution is 5.65. The highest BCUT2D eigenvalue weighted by atomic mass is 16.5. The van der Waals surface area contributed by atoms with Crippen LogP contribution in [0.25, 0.3) is 22.6 Å². The molecule has 1 unspecified atom stereocenters. The lowest BCUT2D eigenvalue weighted by atomic mass is 10.1. The van der Waals surface area contributed by atoms with Crippen molar-refractivity contribution in [2.75, 3.05) is 93.1 Å². The first kappa shape index (κ1) is 45.1. The molecule has 2 fully saturated rings. The van der Waals surface area contributed by atoms with Crippen molar-refractivity contribution in [2.24, 2.45) is 0 Å². The Bertz CT molecular complexity index is 2430. The summed E-state index contributed by atoms with van der Waals surface area (Å²) in [6, 6.07) is 15.9. The molecule has 0 spiro atoms. The summed E-state index contributed by atoms with van der Waals surface area (Å²) in [4.78, 5) is 34.3. The molecule has 2 saturated heterocycles. The van der Waals surface area contributed by atoms with Gasteiger partial charge in [-0.05, 0) is 81.1 Å². The van der Waals surface area contributed by atoms with Crippen LogP contribution in [0.5, 0.6) is 0 Å². The molecule has 18 heteroatoms. The minimum Gasteiger partial charge on any atom is -0.444 e. The smallest absolute Gasteiger partial charge is 0.229 e. The summed E-state index contributed by atoms with van der Waals surface area (Å²) in [5.74, 6) is 4.44. The molecule has 0 aliphatic carbocycles. The zero-order chi connectivity index (χ0) is 45.1. The molecule has 4 aliphatic heterocycles. The van der Waals surface area contributed by atoms with Gasteiger partial charge in [-0.2, -0.15) is 9.97 Å². The fourth-order valence-corrected chi connectivity index (χ4v) is 8.93. The largest absolute Gasteiger partial charge is 0.444 e. The number of rotatable bonds is 17. The molecule has 6 aromatic rings. The van der Waals surface area contributed by atoms with E-state index in [1.165, 1.54) is 12.8 Å². The average Bonchev–Trinajstić information content (AvgIpc) is 4.21. The first-order chi connectivity index (χ1) is 32.5. The molecule has 2 atom stereocenters. The number of nitrogens with zero attached hydrogens (tertiary/aromatic N) is 9. The van der Waals surface area contributed by atoms with E-state index < -0.39 is 0 Å². The number of anilines is 6. The zero-order valence-electron chi connectivity index (χ0n) is 37.6. The molecule has 18 nitrogen and oxygen atoms in total. The third kappa shape index (κ3) is 11.3. The highest BCUT2D eigenvalue weighted by Crippen LogP contribution is 2.32. The maximum atomic E-state index is 9.45. The van der Waals surface area contributed by atoms with Gasteiger partial charge in [-0.3, -0.25) is 9.80 Å². The van der Waals surface area contributed by atoms with Crippen molar-refractivity contribution in [1.29, 1.82) is 0 Å². The SMILES string of the molecule is CCN(CC1CCCO1)c1nc(Nc2ccc(-c3cnco3)cc2)nc2c1CN(CCO)CC2.OCCN1CCc2nc(Nc3ccc(-c4cnco4)cc3)nc(NC[C@H]3CCCO3)c2C1. The van der Waals surface area contributed by atoms with Crippen LogP contribution in [0.2, 0.25) is 0 Å². The molecule has 5 N–H and O–H groups in total. The number of hydrogen-bond donors (Lipinski definition) is 5. The molecule has 66 heavy (non-hydrogen) atoms. The predicted octanol–water partition coefficient (Wildman–Crippen LogP) is 6.05. The number of aromatic nitrogens is 6. The predicted molar refractivity (Wildman–Crippen MR) is 251 cm³/mol. The molecule has 10 rings (SSSR count). The van der Waals surface area contributed by atoms with Crippen LogP contribution in [0.15, 0.2) is 82.5 Å². The van der Waals surface area contributed by atoms with E-state index in [2.05, 4.69) is 47.5 Å². The van der Waals surface area contributed by atoms with Gasteiger partial charge in [0.15, 0.2) is 24.3 Å². The highest BCUT2D eigenvalue weighted by Gasteiger charge is 2.28. The van der Waals surface area contributed by atoms with Crippen molar-refractivity contribution < 1.29 is 28.5 Å². The Labute approximate surface area is 384 Å². The molecule has 0 amide bonds. The van der Waals surface area contributed by atoms with Crippen LogP contribution in [-0.2, 0) is 35.4 Å². The van der Waals surface area contributed by atoms with E-state index in [1.807, 2.05) is 48.5 Å². The van der Waals surface area contributed by atoms with E-state index in [0.717, 1.165) is 166 Å². The lowest BCUT2D eigenvalue weighted by Crippen LogP contribution is -2.38. The summed E-state index contributed by atoms with van der Waals surface area (Å²) in [6.07, 6.45) is 12.8. The van der Waals surface area contributed by atoms with Gasteiger partial charge in [-0.15, -0.1) is 0 Å². The second-order valence-corrected chi connectivity index (χ2v) is 16.9. The van der Waals surface area contributed by atoms with Gasteiger partial charge in [0.1, 0.15) is 11.6 Å². The number of hydrogen-bond acceptors (Lipinski definition) is 18. The molecule has 4 aromatic heterocycles. The second kappa shape index (κ2) is 22.0. The Morgan fingerprint density at radius 2 is 1.23 bits per heavy atom. The van der Waals surface area contributed by atoms with Crippen LogP contribution >= 0.6 is 0 Å². The third-order valence-electron chi connectivity index (χ3n) is 12.5. The van der Waals surface area contributed by atoms with Crippen molar-refractivity contribution in [3.05, 3.63) is 96.2 Å². The van der Waals surface area contributed by atoms with Crippen molar-refractivity contribution in [2.45, 2.75) is 70.7 Å². The van der Waals surface area contributed by atoms with Gasteiger partial charge in [0, 0.05) is 119 Å². The Morgan fingerprint density at radius 3 is 1.74 bits per heavy atom. The summed E-state index contributed by atoms with van der Waals surface area (Å²) in [7, 11) is 0. The first-order valence-electron chi connectivity index (χ1n) is 23.2. The van der Waals surface area contributed by atoms with Crippen molar-refractivity contribution >= 4 is 34.9 Å². The Balaban J connectivity index is 0.000000166. The number of ether oxygens (including phenoxy) is 2. The maximum Gasteiger partial charge on any atom is 0.229 e. The normalized spacial score (nSPS) is 18.3. The molecule has 4 aliphatic rings. The molecule has 2 aromatic carbocycles. The minimum atomic E-state index is 0.151. The monoisotopic (exact) mass is 900 g/mol. The third-order valence-corrected chi connectivity index (χ3v) is 12.5. The average molecular weight is 901 g/mol. The standard InChI is InChI=1S/C25H32N6O3.C23H28N6O3/c1-2-31(15-20-4-3-13-33-20)24-21-16-30(11-12-32)10-9-22(21)28-25(29-24)27-19-7-5-18(6-8-19)23-14-26-17-34-23;30-10-9-29-8-7-20-19(14-29)22(25-12-18-2-1-11-31-18)28-23(27-20)26-17-5-3-16(4-6-17)21-13-24-15-32-21/h5-8,14,17,20,32H,2-4,9-13,15-16H2,1H3,(H,27,28,29);3-6,13,15,18,30H,1-2,7-12,14H2,(H2,25,26,27,28)/t;18-/m.1/s1. The molecule has 348 valence electrons. The van der Waals surface area contributed by atoms with Crippen LogP contribution in [0.1, 0.15) is 55.1 Å². The Kier molecular flexibility index (Phi) is 15.0. The van der Waals surface area contributed by atoms with Gasteiger partial charge in [0.05, 0.1) is 49.2 Å². The summed E-state index contributed by atoms with van der Waals surface area (Å²) < 4.78 is 22.4. The number of likely N-dealkylation sites (N-methyl/N-ethyl adjacent to an activating group) is 1. The number of β-amino-alcohol motifs (C(OH)–C–C–N with tert-alkyl or cyclic N) is 2. The fourth-order valence-electron chi connectivity index (χ4n) is 8.93. The minimum absolute atomic E-state index is 0.151. The van der Waals surface area contributed by atoms with Crippen molar-refractivity contribution in [3.63, 3.8) is 0 Å². The summed E-state index contributed by atoms with van der Waals surface area (Å²) >= 11 is 0. The molecule has 8 heterocycles. The van der Waals surface area contributed by atoms with Crippen LogP contribution in [0.4, 0.5) is 34.9 Å². The van der Waals surface area contributed by atoms with E-state index in [0.29, 0.717) is 25.0 Å². The number of aliphatic hydroxyl groups excluding tert-OH is 2. The van der Waals surface area contributed by atoms with E-state index >= 15 is 0 Å². The van der Waals surface area contributed by atoms with Gasteiger partial charge in [0.2, 0.25) is 11.9 Å². The van der Waals surface area contributed by atoms with Gasteiger partial charge < -0.3 is 49.4 Å². The molecule has 0 saturated carbocycles. The Hall–Kier alpha value is -6.02. The summed E-state index contributed by atoms with van der Waals surface area (Å²) in [5, 5.41) is 29.0. The number of fused-ring (bicyclic) bond motifs is 2. The van der Waals surface area contributed by atoms with Crippen LogP contribution in [0.3, 0.4) is 0 Å². The fraction of sp³-hybridized carbons (Fsp3) is 0.458. The number of oxazole rings is 2. The van der Waals surface area contributed by atoms with E-state index in [9.17, 15) is 10.2 Å².